The van der Waals surface area contributed by atoms with Crippen LogP contribution in [0.15, 0.2) is 28.7 Å². The largest absolute Gasteiger partial charge is 0.541 e. The van der Waals surface area contributed by atoms with Gasteiger partial charge in [0.2, 0.25) is 0 Å². The van der Waals surface area contributed by atoms with Gasteiger partial charge in [-0.05, 0) is 81.8 Å². The zero-order chi connectivity index (χ0) is 26.1. The predicted octanol–water partition coefficient (Wildman–Crippen LogP) is 6.46. The second kappa shape index (κ2) is 10.3. The summed E-state index contributed by atoms with van der Waals surface area (Å²) in [5, 5.41) is 10.5. The lowest BCUT2D eigenvalue weighted by molar-refractivity contribution is 0.100. The number of ether oxygens (including phenoxy) is 3. The van der Waals surface area contributed by atoms with Gasteiger partial charge in [0.05, 0.1) is 31.8 Å². The van der Waals surface area contributed by atoms with E-state index in [0.29, 0.717) is 41.1 Å². The number of amides is 1. The van der Waals surface area contributed by atoms with Gasteiger partial charge in [0.15, 0.2) is 17.2 Å². The molecule has 0 unspecified atom stereocenters. The maximum Gasteiger partial charge on any atom is 0.410 e. The Kier molecular flexibility index (Phi) is 8.01. The van der Waals surface area contributed by atoms with Gasteiger partial charge >= 0.3 is 6.09 Å². The number of hydrogen-bond donors (Lipinski definition) is 1. The summed E-state index contributed by atoms with van der Waals surface area (Å²) in [6.07, 6.45) is 0.746. The van der Waals surface area contributed by atoms with E-state index in [1.807, 2.05) is 18.2 Å². The van der Waals surface area contributed by atoms with Crippen LogP contribution in [-0.4, -0.2) is 52.3 Å². The standard InChI is InChI=1S/C26H36BrNO6Si/c1-26(2,3)35(7,8)34-22-15-18-16(14-21(22)32-5)11-12-28(25(30)33-6)19(18)13-17-9-10-20(31-4)24(29)23(17)27/h9-10,14-15,19,29H,11-13H2,1-8H3/t19-/m1/s1. The molecule has 0 spiro atoms. The highest BCUT2D eigenvalue weighted by molar-refractivity contribution is 9.10. The van der Waals surface area contributed by atoms with Gasteiger partial charge in [-0.1, -0.05) is 26.8 Å². The Morgan fingerprint density at radius 2 is 1.77 bits per heavy atom. The van der Waals surface area contributed by atoms with Crippen LogP contribution >= 0.6 is 15.9 Å². The number of fused-ring (bicyclic) bond motifs is 1. The number of rotatable bonds is 6. The molecular weight excluding hydrogens is 530 g/mol. The number of carbonyl (C=O) groups is 1. The van der Waals surface area contributed by atoms with E-state index in [0.717, 1.165) is 16.7 Å². The monoisotopic (exact) mass is 565 g/mol. The number of hydrogen-bond acceptors (Lipinski definition) is 6. The van der Waals surface area contributed by atoms with Gasteiger partial charge in [-0.15, -0.1) is 0 Å². The first-order chi connectivity index (χ1) is 16.3. The van der Waals surface area contributed by atoms with Gasteiger partial charge in [0.25, 0.3) is 8.32 Å². The lowest BCUT2D eigenvalue weighted by atomic mass is 9.88. The predicted molar refractivity (Wildman–Crippen MR) is 142 cm³/mol. The fourth-order valence-electron chi connectivity index (χ4n) is 4.05. The highest BCUT2D eigenvalue weighted by Gasteiger charge is 2.40. The van der Waals surface area contributed by atoms with Gasteiger partial charge in [0, 0.05) is 6.54 Å². The van der Waals surface area contributed by atoms with Crippen molar-refractivity contribution in [3.8, 4) is 23.0 Å². The quantitative estimate of drug-likeness (QED) is 0.404. The van der Waals surface area contributed by atoms with Crippen molar-refractivity contribution in [1.82, 2.24) is 4.90 Å². The van der Waals surface area contributed by atoms with Crippen LogP contribution in [-0.2, 0) is 17.6 Å². The van der Waals surface area contributed by atoms with Crippen molar-refractivity contribution in [2.75, 3.05) is 27.9 Å². The fraction of sp³-hybridized carbons (Fsp3) is 0.500. The number of methoxy groups -OCH3 is 3. The molecule has 0 aromatic heterocycles. The third kappa shape index (κ3) is 5.40. The third-order valence-corrected chi connectivity index (χ3v) is 12.4. The summed E-state index contributed by atoms with van der Waals surface area (Å²) in [5.74, 6) is 1.79. The summed E-state index contributed by atoms with van der Waals surface area (Å²) in [6, 6.07) is 7.35. The Bertz CT molecular complexity index is 1100. The van der Waals surface area contributed by atoms with E-state index in [4.69, 9.17) is 18.6 Å². The summed E-state index contributed by atoms with van der Waals surface area (Å²) in [7, 11) is 2.41. The van der Waals surface area contributed by atoms with Crippen LogP contribution in [0.1, 0.15) is 43.5 Å². The number of carbonyl (C=O) groups excluding carboxylic acids is 1. The molecule has 1 heterocycles. The van der Waals surface area contributed by atoms with Gasteiger partial charge in [-0.25, -0.2) is 4.79 Å². The summed E-state index contributed by atoms with van der Waals surface area (Å²) in [5.41, 5.74) is 2.93. The Labute approximate surface area is 217 Å². The lowest BCUT2D eigenvalue weighted by Crippen LogP contribution is -2.44. The Morgan fingerprint density at radius 1 is 1.11 bits per heavy atom. The topological polar surface area (TPSA) is 77.5 Å². The minimum Gasteiger partial charge on any atom is -0.541 e. The van der Waals surface area contributed by atoms with Crippen LogP contribution in [0.25, 0.3) is 0 Å². The highest BCUT2D eigenvalue weighted by Crippen LogP contribution is 2.45. The maximum atomic E-state index is 12.8. The Balaban J connectivity index is 2.12. The average Bonchev–Trinajstić information content (AvgIpc) is 2.80. The molecule has 0 radical (unpaired) electrons. The molecule has 3 rings (SSSR count). The van der Waals surface area contributed by atoms with E-state index < -0.39 is 14.4 Å². The van der Waals surface area contributed by atoms with Crippen molar-refractivity contribution in [2.45, 2.75) is 57.8 Å². The van der Waals surface area contributed by atoms with Crippen LogP contribution < -0.4 is 13.9 Å². The molecule has 0 fully saturated rings. The summed E-state index contributed by atoms with van der Waals surface area (Å²) >= 11 is 3.51. The number of aromatic hydroxyl groups is 1. The molecule has 1 N–H and O–H groups in total. The van der Waals surface area contributed by atoms with E-state index >= 15 is 0 Å². The van der Waals surface area contributed by atoms with Gasteiger partial charge in [-0.2, -0.15) is 0 Å². The SMILES string of the molecule is COC(=O)N1CCc2cc(OC)c(O[Si](C)(C)C(C)(C)C)cc2[C@H]1Cc1ccc(OC)c(O)c1Br. The number of halogens is 1. The fourth-order valence-corrected chi connectivity index (χ4v) is 5.56. The number of benzene rings is 2. The third-order valence-electron chi connectivity index (χ3n) is 7.16. The average molecular weight is 567 g/mol. The zero-order valence-corrected chi connectivity index (χ0v) is 24.4. The second-order valence-corrected chi connectivity index (χ2v) is 15.8. The van der Waals surface area contributed by atoms with Crippen LogP contribution in [0.5, 0.6) is 23.0 Å². The molecule has 1 atom stereocenters. The van der Waals surface area contributed by atoms with E-state index in [-0.39, 0.29) is 16.8 Å². The number of phenols is 1. The van der Waals surface area contributed by atoms with Crippen molar-refractivity contribution in [2.24, 2.45) is 0 Å². The summed E-state index contributed by atoms with van der Waals surface area (Å²) in [6.45, 7) is 11.5. The smallest absolute Gasteiger partial charge is 0.410 e. The zero-order valence-electron chi connectivity index (χ0n) is 21.8. The Hall–Kier alpha value is -2.39. The molecule has 0 aliphatic carbocycles. The molecular formula is C26H36BrNO6Si. The van der Waals surface area contributed by atoms with Crippen molar-refractivity contribution < 1.29 is 28.5 Å². The molecule has 2 aromatic rings. The number of phenolic OH excluding ortho intramolecular Hbond substituents is 1. The van der Waals surface area contributed by atoms with Gasteiger partial charge in [0.1, 0.15) is 5.75 Å². The lowest BCUT2D eigenvalue weighted by Gasteiger charge is -2.39. The molecule has 0 bridgehead atoms. The first-order valence-corrected chi connectivity index (χ1v) is 15.3. The highest BCUT2D eigenvalue weighted by atomic mass is 79.9. The van der Waals surface area contributed by atoms with E-state index in [9.17, 15) is 9.90 Å². The van der Waals surface area contributed by atoms with Crippen LogP contribution in [0, 0.1) is 0 Å². The van der Waals surface area contributed by atoms with Crippen molar-refractivity contribution >= 4 is 30.3 Å². The molecule has 0 saturated carbocycles. The van der Waals surface area contributed by atoms with Gasteiger partial charge < -0.3 is 28.6 Å². The van der Waals surface area contributed by atoms with E-state index in [1.165, 1.54) is 14.2 Å². The molecule has 1 aliphatic rings. The molecule has 9 heteroatoms. The maximum absolute atomic E-state index is 12.8. The van der Waals surface area contributed by atoms with Crippen LogP contribution in [0.4, 0.5) is 4.79 Å². The summed E-state index contributed by atoms with van der Waals surface area (Å²) in [4.78, 5) is 14.5. The van der Waals surface area contributed by atoms with E-state index in [1.54, 1.807) is 18.1 Å². The van der Waals surface area contributed by atoms with Crippen molar-refractivity contribution in [3.63, 3.8) is 0 Å². The minimum atomic E-state index is -2.15. The molecule has 1 amide bonds. The van der Waals surface area contributed by atoms with Crippen molar-refractivity contribution in [3.05, 3.63) is 45.4 Å². The second-order valence-electron chi connectivity index (χ2n) is 10.3. The summed E-state index contributed by atoms with van der Waals surface area (Å²) < 4.78 is 23.3. The van der Waals surface area contributed by atoms with Crippen LogP contribution in [0.2, 0.25) is 18.1 Å². The van der Waals surface area contributed by atoms with Gasteiger partial charge in [-0.3, -0.25) is 0 Å². The first kappa shape index (κ1) is 27.2. The number of nitrogens with zero attached hydrogens (tertiary/aromatic N) is 1. The van der Waals surface area contributed by atoms with E-state index in [2.05, 4.69) is 49.8 Å². The molecule has 1 aliphatic heterocycles. The van der Waals surface area contributed by atoms with Crippen molar-refractivity contribution in [1.29, 1.82) is 0 Å². The molecule has 7 nitrogen and oxygen atoms in total. The molecule has 192 valence electrons. The minimum absolute atomic E-state index is 0.0108. The van der Waals surface area contributed by atoms with Crippen LogP contribution in [0.3, 0.4) is 0 Å². The molecule has 35 heavy (non-hydrogen) atoms. The Morgan fingerprint density at radius 3 is 2.34 bits per heavy atom. The molecule has 0 saturated heterocycles. The first-order valence-electron chi connectivity index (χ1n) is 11.6. The normalized spacial score (nSPS) is 15.9. The molecule has 2 aromatic carbocycles.